The average Bonchev–Trinajstić information content (AvgIpc) is 3.56. The molecule has 2 saturated carbocycles. The van der Waals surface area contributed by atoms with Crippen LogP contribution in [0.25, 0.3) is 0 Å². The number of anilines is 2. The van der Waals surface area contributed by atoms with Gasteiger partial charge in [-0.1, -0.05) is 28.1 Å². The van der Waals surface area contributed by atoms with Gasteiger partial charge >= 0.3 is 5.97 Å². The molecular formula is C28H23BrN2O5. The summed E-state index contributed by atoms with van der Waals surface area (Å²) in [6, 6.07) is 13.9. The van der Waals surface area contributed by atoms with Crippen molar-refractivity contribution < 1.29 is 23.9 Å². The monoisotopic (exact) mass is 546 g/mol. The molecule has 0 aromatic heterocycles. The number of imide groups is 1. The molecule has 2 heterocycles. The molecule has 6 aliphatic rings. The van der Waals surface area contributed by atoms with E-state index in [1.165, 1.54) is 4.90 Å². The molecular weight excluding hydrogens is 524 g/mol. The van der Waals surface area contributed by atoms with Crippen LogP contribution in [0.4, 0.5) is 11.4 Å². The highest BCUT2D eigenvalue weighted by molar-refractivity contribution is 9.10. The highest BCUT2D eigenvalue weighted by Gasteiger charge is 2.67. The molecule has 0 spiro atoms. The summed E-state index contributed by atoms with van der Waals surface area (Å²) in [5.74, 6) is -0.101. The molecule has 4 fully saturated rings. The lowest BCUT2D eigenvalue weighted by atomic mass is 9.63. The maximum Gasteiger partial charge on any atom is 0.316 e. The fourth-order valence-corrected chi connectivity index (χ4v) is 7.07. The molecule has 8 heteroatoms. The minimum atomic E-state index is -0.569. The Morgan fingerprint density at radius 1 is 0.833 bits per heavy atom. The minimum Gasteiger partial charge on any atom is -0.426 e. The lowest BCUT2D eigenvalue weighted by molar-refractivity contribution is -0.139. The SMILES string of the molecule is O=C(Oc1ccc(N2C(=O)[C@@H]3[C@H]4C=C[C@@H]([C@@H]5C[C@H]45)[C@@H]3C2=O)cc1)[C@@H]1CC(=O)N(c2ccc(Br)cc2)C1. The van der Waals surface area contributed by atoms with Gasteiger partial charge in [0.15, 0.2) is 0 Å². The maximum atomic E-state index is 13.3. The molecule has 182 valence electrons. The van der Waals surface area contributed by atoms with Gasteiger partial charge in [0.2, 0.25) is 17.7 Å². The number of esters is 1. The summed E-state index contributed by atoms with van der Waals surface area (Å²) >= 11 is 3.38. The second-order valence-corrected chi connectivity index (χ2v) is 11.4. The van der Waals surface area contributed by atoms with Crippen molar-refractivity contribution in [2.24, 2.45) is 41.4 Å². The number of carbonyl (C=O) groups excluding carboxylic acids is 4. The van der Waals surface area contributed by atoms with E-state index in [1.807, 2.05) is 24.3 Å². The van der Waals surface area contributed by atoms with Crippen molar-refractivity contribution in [2.45, 2.75) is 12.8 Å². The molecule has 7 nitrogen and oxygen atoms in total. The Labute approximate surface area is 216 Å². The van der Waals surface area contributed by atoms with Crippen molar-refractivity contribution in [3.05, 3.63) is 65.2 Å². The number of rotatable bonds is 4. The quantitative estimate of drug-likeness (QED) is 0.251. The summed E-state index contributed by atoms with van der Waals surface area (Å²) in [6.07, 6.45) is 5.53. The van der Waals surface area contributed by atoms with Gasteiger partial charge in [0, 0.05) is 23.1 Å². The lowest BCUT2D eigenvalue weighted by Gasteiger charge is -2.37. The van der Waals surface area contributed by atoms with E-state index >= 15 is 0 Å². The number of hydrogen-bond donors (Lipinski definition) is 0. The third kappa shape index (κ3) is 3.23. The summed E-state index contributed by atoms with van der Waals surface area (Å²) in [7, 11) is 0. The van der Waals surface area contributed by atoms with Gasteiger partial charge in [-0.25, -0.2) is 0 Å². The first-order valence-electron chi connectivity index (χ1n) is 12.3. The standard InChI is InChI=1S/C28H23BrN2O5/c29-15-1-3-16(4-2-15)30-13-14(11-23(30)32)28(35)36-18-7-5-17(6-8-18)31-26(33)24-19-9-10-20(22-12-21(19)22)25(24)27(31)34/h1-10,14,19-22,24-25H,11-13H2/t14-,19+,20+,21-,22+,24-,25+/m1/s1. The predicted octanol–water partition coefficient (Wildman–Crippen LogP) is 3.97. The highest BCUT2D eigenvalue weighted by atomic mass is 79.9. The van der Waals surface area contributed by atoms with E-state index in [0.717, 1.165) is 16.6 Å². The Bertz CT molecular complexity index is 1300. The van der Waals surface area contributed by atoms with E-state index in [4.69, 9.17) is 4.74 Å². The lowest BCUT2D eigenvalue weighted by Crippen LogP contribution is -2.40. The van der Waals surface area contributed by atoms with Crippen LogP contribution in [0.5, 0.6) is 5.75 Å². The van der Waals surface area contributed by atoms with Crippen molar-refractivity contribution in [3.63, 3.8) is 0 Å². The zero-order valence-electron chi connectivity index (χ0n) is 19.2. The average molecular weight is 547 g/mol. The number of hydrogen-bond acceptors (Lipinski definition) is 5. The number of ether oxygens (including phenoxy) is 1. The molecule has 2 aliphatic heterocycles. The second kappa shape index (κ2) is 7.87. The number of allylic oxidation sites excluding steroid dienone is 2. The maximum absolute atomic E-state index is 13.3. The van der Waals surface area contributed by atoms with Crippen molar-refractivity contribution in [1.29, 1.82) is 0 Å². The molecule has 0 N–H and O–H groups in total. The van der Waals surface area contributed by atoms with Crippen LogP contribution in [-0.2, 0) is 19.2 Å². The van der Waals surface area contributed by atoms with E-state index in [9.17, 15) is 19.2 Å². The van der Waals surface area contributed by atoms with Gasteiger partial charge in [0.05, 0.1) is 23.4 Å². The highest BCUT2D eigenvalue weighted by Crippen LogP contribution is 2.65. The van der Waals surface area contributed by atoms with Crippen LogP contribution in [0.15, 0.2) is 65.2 Å². The van der Waals surface area contributed by atoms with Crippen LogP contribution in [0.2, 0.25) is 0 Å². The Kier molecular flexibility index (Phi) is 4.80. The van der Waals surface area contributed by atoms with E-state index in [2.05, 4.69) is 28.1 Å². The van der Waals surface area contributed by atoms with E-state index in [-0.39, 0.29) is 54.4 Å². The molecule has 7 atom stereocenters. The Morgan fingerprint density at radius 3 is 2.03 bits per heavy atom. The van der Waals surface area contributed by atoms with Crippen LogP contribution in [0.3, 0.4) is 0 Å². The van der Waals surface area contributed by atoms with Crippen molar-refractivity contribution in [2.75, 3.05) is 16.3 Å². The zero-order chi connectivity index (χ0) is 24.7. The van der Waals surface area contributed by atoms with Crippen LogP contribution >= 0.6 is 15.9 Å². The summed E-state index contributed by atoms with van der Waals surface area (Å²) in [5, 5.41) is 0. The number of amides is 3. The molecule has 2 saturated heterocycles. The smallest absolute Gasteiger partial charge is 0.316 e. The summed E-state index contributed by atoms with van der Waals surface area (Å²) < 4.78 is 6.47. The van der Waals surface area contributed by atoms with Crippen LogP contribution in [0.1, 0.15) is 12.8 Å². The predicted molar refractivity (Wildman–Crippen MR) is 134 cm³/mol. The van der Waals surface area contributed by atoms with E-state index < -0.39 is 11.9 Å². The molecule has 0 radical (unpaired) electrons. The Morgan fingerprint density at radius 2 is 1.42 bits per heavy atom. The van der Waals surface area contributed by atoms with Gasteiger partial charge in [-0.15, -0.1) is 0 Å². The first kappa shape index (κ1) is 22.0. The number of halogens is 1. The fourth-order valence-electron chi connectivity index (χ4n) is 6.81. The normalized spacial score (nSPS) is 33.7. The summed E-state index contributed by atoms with van der Waals surface area (Å²) in [4.78, 5) is 54.8. The number of nitrogens with zero attached hydrogens (tertiary/aromatic N) is 2. The zero-order valence-corrected chi connectivity index (χ0v) is 20.8. The van der Waals surface area contributed by atoms with Gasteiger partial charge in [-0.3, -0.25) is 24.1 Å². The Hall–Kier alpha value is -3.26. The third-order valence-electron chi connectivity index (χ3n) is 8.57. The molecule has 2 aromatic carbocycles. The van der Waals surface area contributed by atoms with Crippen molar-refractivity contribution in [1.82, 2.24) is 0 Å². The first-order valence-corrected chi connectivity index (χ1v) is 13.1. The van der Waals surface area contributed by atoms with Gasteiger partial charge in [0.25, 0.3) is 0 Å². The minimum absolute atomic E-state index is 0.0882. The van der Waals surface area contributed by atoms with Crippen molar-refractivity contribution in [3.8, 4) is 5.75 Å². The summed E-state index contributed by atoms with van der Waals surface area (Å²) in [5.41, 5.74) is 1.24. The molecule has 2 bridgehead atoms. The first-order chi connectivity index (χ1) is 17.4. The third-order valence-corrected chi connectivity index (χ3v) is 9.10. The summed E-state index contributed by atoms with van der Waals surface area (Å²) in [6.45, 7) is 0.259. The van der Waals surface area contributed by atoms with E-state index in [1.54, 1.807) is 29.2 Å². The van der Waals surface area contributed by atoms with Gasteiger partial charge in [-0.2, -0.15) is 0 Å². The van der Waals surface area contributed by atoms with E-state index in [0.29, 0.717) is 23.3 Å². The topological polar surface area (TPSA) is 84.0 Å². The largest absolute Gasteiger partial charge is 0.426 e. The molecule has 0 unspecified atom stereocenters. The molecule has 8 rings (SSSR count). The fraction of sp³-hybridized carbons (Fsp3) is 0.357. The number of carbonyl (C=O) groups is 4. The molecule has 36 heavy (non-hydrogen) atoms. The molecule has 2 aromatic rings. The molecule has 4 aliphatic carbocycles. The van der Waals surface area contributed by atoms with Crippen LogP contribution < -0.4 is 14.5 Å². The van der Waals surface area contributed by atoms with Gasteiger partial charge in [-0.05, 0) is 78.6 Å². The van der Waals surface area contributed by atoms with Gasteiger partial charge < -0.3 is 9.64 Å². The van der Waals surface area contributed by atoms with Crippen molar-refractivity contribution >= 4 is 51.0 Å². The van der Waals surface area contributed by atoms with Gasteiger partial charge in [0.1, 0.15) is 5.75 Å². The second-order valence-electron chi connectivity index (χ2n) is 10.5. The molecule has 3 amide bonds. The van der Waals surface area contributed by atoms with Crippen LogP contribution in [-0.4, -0.2) is 30.2 Å². The van der Waals surface area contributed by atoms with Crippen LogP contribution in [0, 0.1) is 41.4 Å². The Balaban J connectivity index is 1.03. The number of benzene rings is 2.